The Morgan fingerprint density at radius 1 is 1.15 bits per heavy atom. The van der Waals surface area contributed by atoms with Crippen LogP contribution in [0.15, 0.2) is 30.5 Å². The van der Waals surface area contributed by atoms with Crippen molar-refractivity contribution in [2.75, 3.05) is 0 Å². The molecule has 3 N–H and O–H groups in total. The van der Waals surface area contributed by atoms with Crippen molar-refractivity contribution in [2.24, 2.45) is 5.84 Å². The van der Waals surface area contributed by atoms with E-state index in [0.29, 0.717) is 22.2 Å². The van der Waals surface area contributed by atoms with Gasteiger partial charge in [-0.15, -0.1) is 0 Å². The van der Waals surface area contributed by atoms with Crippen LogP contribution < -0.4 is 11.3 Å². The molecule has 1 aromatic carbocycles. The first-order valence-corrected chi connectivity index (χ1v) is 7.09. The minimum Gasteiger partial charge on any atom is -0.271 e. The van der Waals surface area contributed by atoms with Gasteiger partial charge in [-0.25, -0.2) is 0 Å². The normalized spacial score (nSPS) is 12.4. The van der Waals surface area contributed by atoms with Gasteiger partial charge in [-0.2, -0.15) is 0 Å². The summed E-state index contributed by atoms with van der Waals surface area (Å²) in [5.74, 6) is 5.65. The van der Waals surface area contributed by atoms with Crippen LogP contribution in [-0.4, -0.2) is 4.98 Å². The maximum absolute atomic E-state index is 6.19. The van der Waals surface area contributed by atoms with Gasteiger partial charge in [-0.3, -0.25) is 16.3 Å². The summed E-state index contributed by atoms with van der Waals surface area (Å²) >= 11 is 12.1. The number of nitrogens with two attached hydrogens (primary N) is 1. The molecule has 1 heterocycles. The summed E-state index contributed by atoms with van der Waals surface area (Å²) in [7, 11) is 0. The Kier molecular flexibility index (Phi) is 5.00. The zero-order valence-corrected chi connectivity index (χ0v) is 13.0. The minimum absolute atomic E-state index is 0.152. The van der Waals surface area contributed by atoms with E-state index < -0.39 is 0 Å². The quantitative estimate of drug-likeness (QED) is 0.668. The van der Waals surface area contributed by atoms with Gasteiger partial charge in [0.05, 0.1) is 21.8 Å². The molecule has 2 aromatic rings. The summed E-state index contributed by atoms with van der Waals surface area (Å²) < 4.78 is 0. The van der Waals surface area contributed by atoms with E-state index in [1.54, 1.807) is 12.3 Å². The van der Waals surface area contributed by atoms with Gasteiger partial charge >= 0.3 is 0 Å². The highest BCUT2D eigenvalue weighted by molar-refractivity contribution is 6.34. The van der Waals surface area contributed by atoms with E-state index in [1.807, 2.05) is 0 Å². The van der Waals surface area contributed by atoms with Crippen molar-refractivity contribution < 1.29 is 0 Å². The molecule has 106 valence electrons. The second-order valence-corrected chi connectivity index (χ2v) is 5.78. The molecule has 0 saturated carbocycles. The predicted molar refractivity (Wildman–Crippen MR) is 83.9 cm³/mol. The highest BCUT2D eigenvalue weighted by Crippen LogP contribution is 2.26. The van der Waals surface area contributed by atoms with Crippen LogP contribution in [0.3, 0.4) is 0 Å². The summed E-state index contributed by atoms with van der Waals surface area (Å²) in [5, 5.41) is 1.03. The molecule has 1 aromatic heterocycles. The van der Waals surface area contributed by atoms with Gasteiger partial charge in [-0.05, 0) is 31.9 Å². The van der Waals surface area contributed by atoms with Gasteiger partial charge in [0.2, 0.25) is 0 Å². The average Bonchev–Trinajstić information content (AvgIpc) is 2.35. The van der Waals surface area contributed by atoms with Crippen molar-refractivity contribution in [1.82, 2.24) is 10.4 Å². The van der Waals surface area contributed by atoms with E-state index in [0.717, 1.165) is 0 Å². The lowest BCUT2D eigenvalue weighted by molar-refractivity contribution is 0.538. The summed E-state index contributed by atoms with van der Waals surface area (Å²) in [4.78, 5) is 4.28. The van der Waals surface area contributed by atoms with Crippen LogP contribution in [0.1, 0.15) is 28.4 Å². The zero-order chi connectivity index (χ0) is 14.7. The molecule has 0 bridgehead atoms. The lowest BCUT2D eigenvalue weighted by Gasteiger charge is -2.17. The molecule has 0 saturated heterocycles. The van der Waals surface area contributed by atoms with E-state index in [4.69, 9.17) is 29.0 Å². The number of rotatable bonds is 4. The summed E-state index contributed by atoms with van der Waals surface area (Å²) in [6.45, 7) is 4.16. The predicted octanol–water partition coefficient (Wildman–Crippen LogP) is 3.75. The van der Waals surface area contributed by atoms with Gasteiger partial charge in [0, 0.05) is 6.20 Å². The van der Waals surface area contributed by atoms with Gasteiger partial charge in [0.15, 0.2) is 0 Å². The summed E-state index contributed by atoms with van der Waals surface area (Å²) in [6, 6.07) is 7.95. The Hall–Kier alpha value is -1.13. The van der Waals surface area contributed by atoms with Crippen molar-refractivity contribution in [2.45, 2.75) is 26.3 Å². The van der Waals surface area contributed by atoms with Crippen LogP contribution in [-0.2, 0) is 6.42 Å². The Morgan fingerprint density at radius 2 is 1.80 bits per heavy atom. The van der Waals surface area contributed by atoms with Gasteiger partial charge < -0.3 is 0 Å². The van der Waals surface area contributed by atoms with Crippen molar-refractivity contribution in [3.05, 3.63) is 62.9 Å². The maximum Gasteiger partial charge on any atom is 0.0777 e. The van der Waals surface area contributed by atoms with E-state index in [2.05, 4.69) is 42.5 Å². The third kappa shape index (κ3) is 3.70. The van der Waals surface area contributed by atoms with Gasteiger partial charge in [0.1, 0.15) is 0 Å². The molecule has 0 aliphatic carbocycles. The molecule has 0 spiro atoms. The molecule has 0 fully saturated rings. The third-order valence-electron chi connectivity index (χ3n) is 3.09. The van der Waals surface area contributed by atoms with Crippen LogP contribution >= 0.6 is 23.2 Å². The van der Waals surface area contributed by atoms with Crippen molar-refractivity contribution in [3.63, 3.8) is 0 Å². The van der Waals surface area contributed by atoms with Crippen LogP contribution in [0.5, 0.6) is 0 Å². The number of halogens is 2. The fraction of sp³-hybridized carbons (Fsp3) is 0.267. The highest BCUT2D eigenvalue weighted by atomic mass is 35.5. The van der Waals surface area contributed by atoms with Gasteiger partial charge in [0.25, 0.3) is 0 Å². The standard InChI is InChI=1S/C15H17Cl2N3/c1-9-3-10(2)5-11(4-9)6-14(20-18)15-13(17)7-12(16)8-19-15/h3-5,7-8,14,20H,6,18H2,1-2H3. The number of hydrazine groups is 1. The molecule has 5 heteroatoms. The average molecular weight is 310 g/mol. The number of nitrogens with zero attached hydrogens (tertiary/aromatic N) is 1. The topological polar surface area (TPSA) is 50.9 Å². The summed E-state index contributed by atoms with van der Waals surface area (Å²) in [5.41, 5.74) is 7.13. The van der Waals surface area contributed by atoms with E-state index in [-0.39, 0.29) is 6.04 Å². The highest BCUT2D eigenvalue weighted by Gasteiger charge is 2.16. The number of aryl methyl sites for hydroxylation is 2. The number of aromatic nitrogens is 1. The molecule has 0 aliphatic rings. The van der Waals surface area contributed by atoms with Gasteiger partial charge in [-0.1, -0.05) is 52.5 Å². The molecule has 0 aliphatic heterocycles. The maximum atomic E-state index is 6.19. The molecular weight excluding hydrogens is 293 g/mol. The van der Waals surface area contributed by atoms with Crippen LogP contribution in [0.2, 0.25) is 10.0 Å². The Labute approximate surface area is 129 Å². The molecular formula is C15H17Cl2N3. The Bertz CT molecular complexity index is 594. The van der Waals surface area contributed by atoms with Crippen LogP contribution in [0.4, 0.5) is 0 Å². The first kappa shape index (κ1) is 15.3. The molecule has 0 amide bonds. The number of benzene rings is 1. The summed E-state index contributed by atoms with van der Waals surface area (Å²) in [6.07, 6.45) is 2.29. The number of hydrogen-bond donors (Lipinski definition) is 2. The number of nitrogens with one attached hydrogen (secondary N) is 1. The second kappa shape index (κ2) is 6.55. The first-order valence-electron chi connectivity index (χ1n) is 6.34. The largest absolute Gasteiger partial charge is 0.271 e. The molecule has 1 atom stereocenters. The molecule has 2 rings (SSSR count). The Balaban J connectivity index is 2.28. The third-order valence-corrected chi connectivity index (χ3v) is 3.60. The van der Waals surface area contributed by atoms with E-state index in [9.17, 15) is 0 Å². The van der Waals surface area contributed by atoms with Crippen molar-refractivity contribution in [1.29, 1.82) is 0 Å². The monoisotopic (exact) mass is 309 g/mol. The van der Waals surface area contributed by atoms with Crippen molar-refractivity contribution in [3.8, 4) is 0 Å². The number of pyridine rings is 1. The first-order chi connectivity index (χ1) is 9.49. The van der Waals surface area contributed by atoms with Crippen molar-refractivity contribution >= 4 is 23.2 Å². The minimum atomic E-state index is -0.152. The van der Waals surface area contributed by atoms with Crippen LogP contribution in [0, 0.1) is 13.8 Å². The molecule has 3 nitrogen and oxygen atoms in total. The zero-order valence-electron chi connectivity index (χ0n) is 11.5. The number of hydrogen-bond acceptors (Lipinski definition) is 3. The molecule has 1 unspecified atom stereocenters. The van der Waals surface area contributed by atoms with E-state index in [1.165, 1.54) is 16.7 Å². The Morgan fingerprint density at radius 3 is 2.35 bits per heavy atom. The SMILES string of the molecule is Cc1cc(C)cc(CC(NN)c2ncc(Cl)cc2Cl)c1. The molecule has 0 radical (unpaired) electrons. The van der Waals surface area contributed by atoms with Crippen LogP contribution in [0.25, 0.3) is 0 Å². The lowest BCUT2D eigenvalue weighted by Crippen LogP contribution is -2.30. The van der Waals surface area contributed by atoms with E-state index >= 15 is 0 Å². The fourth-order valence-corrected chi connectivity index (χ4v) is 2.85. The lowest BCUT2D eigenvalue weighted by atomic mass is 9.99. The second-order valence-electron chi connectivity index (χ2n) is 4.94. The smallest absolute Gasteiger partial charge is 0.0777 e. The fourth-order valence-electron chi connectivity index (χ4n) is 2.34. The molecule has 20 heavy (non-hydrogen) atoms.